The summed E-state index contributed by atoms with van der Waals surface area (Å²) in [4.78, 5) is 38.8. The first kappa shape index (κ1) is 18.3. The van der Waals surface area contributed by atoms with E-state index in [0.717, 1.165) is 17.0 Å². The number of ether oxygens (including phenoxy) is 1. The number of rotatable bonds is 5. The van der Waals surface area contributed by atoms with Crippen LogP contribution in [0.25, 0.3) is 10.9 Å². The Hall–Kier alpha value is -3.48. The van der Waals surface area contributed by atoms with E-state index in [1.54, 1.807) is 13.8 Å². The lowest BCUT2D eigenvalue weighted by molar-refractivity contribution is -0.385. The number of nitro benzene ring substituents is 1. The van der Waals surface area contributed by atoms with Gasteiger partial charge in [-0.25, -0.2) is 4.79 Å². The SMILES string of the molecule is Cc1ccc(C(=O)O[C@H](C)C(=O)c2c(C)[nH]c3ccccc23)cc1[N+](=O)[O-]. The van der Waals surface area contributed by atoms with E-state index in [2.05, 4.69) is 4.98 Å². The van der Waals surface area contributed by atoms with Gasteiger partial charge in [0.2, 0.25) is 5.78 Å². The summed E-state index contributed by atoms with van der Waals surface area (Å²) in [5.41, 5.74) is 2.29. The van der Waals surface area contributed by atoms with Crippen molar-refractivity contribution in [2.45, 2.75) is 26.9 Å². The van der Waals surface area contributed by atoms with Crippen LogP contribution in [-0.2, 0) is 4.74 Å². The second-order valence-corrected chi connectivity index (χ2v) is 6.34. The first-order valence-electron chi connectivity index (χ1n) is 8.37. The fraction of sp³-hybridized carbons (Fsp3) is 0.200. The molecule has 0 aliphatic heterocycles. The molecular weight excluding hydrogens is 348 g/mol. The Bertz CT molecular complexity index is 1070. The number of nitro groups is 1. The molecule has 0 saturated heterocycles. The summed E-state index contributed by atoms with van der Waals surface area (Å²) in [5, 5.41) is 11.8. The van der Waals surface area contributed by atoms with Crippen molar-refractivity contribution in [3.8, 4) is 0 Å². The molecule has 3 aromatic rings. The minimum absolute atomic E-state index is 0.0302. The average Bonchev–Trinajstić information content (AvgIpc) is 2.96. The van der Waals surface area contributed by atoms with E-state index in [4.69, 9.17) is 4.74 Å². The normalized spacial score (nSPS) is 12.0. The third-order valence-electron chi connectivity index (χ3n) is 4.43. The lowest BCUT2D eigenvalue weighted by Crippen LogP contribution is -2.25. The van der Waals surface area contributed by atoms with Crippen LogP contribution in [0.2, 0.25) is 0 Å². The summed E-state index contributed by atoms with van der Waals surface area (Å²) in [6.45, 7) is 4.86. The largest absolute Gasteiger partial charge is 0.451 e. The van der Waals surface area contributed by atoms with Gasteiger partial charge in [0.1, 0.15) is 0 Å². The zero-order valence-electron chi connectivity index (χ0n) is 15.1. The van der Waals surface area contributed by atoms with Crippen LogP contribution in [0.15, 0.2) is 42.5 Å². The molecule has 0 aliphatic rings. The predicted octanol–water partition coefficient (Wildman–Crippen LogP) is 4.12. The van der Waals surface area contributed by atoms with Crippen molar-refractivity contribution < 1.29 is 19.2 Å². The first-order chi connectivity index (χ1) is 12.8. The fourth-order valence-corrected chi connectivity index (χ4v) is 3.01. The molecule has 7 nitrogen and oxygen atoms in total. The molecule has 7 heteroatoms. The first-order valence-corrected chi connectivity index (χ1v) is 8.37. The molecule has 27 heavy (non-hydrogen) atoms. The van der Waals surface area contributed by atoms with Gasteiger partial charge < -0.3 is 9.72 Å². The number of aryl methyl sites for hydroxylation is 2. The van der Waals surface area contributed by atoms with Crippen molar-refractivity contribution in [1.29, 1.82) is 0 Å². The molecular formula is C20H18N2O5. The van der Waals surface area contributed by atoms with Crippen molar-refractivity contribution in [2.24, 2.45) is 0 Å². The molecule has 3 rings (SSSR count). The number of Topliss-reactive ketones (excluding diaryl/α,β-unsaturated/α-hetero) is 1. The van der Waals surface area contributed by atoms with E-state index in [0.29, 0.717) is 16.8 Å². The molecule has 1 N–H and O–H groups in total. The molecule has 1 aromatic heterocycles. The number of H-pyrrole nitrogens is 1. The number of carbonyl (C=O) groups excluding carboxylic acids is 2. The number of ketones is 1. The number of hydrogen-bond acceptors (Lipinski definition) is 5. The van der Waals surface area contributed by atoms with Crippen LogP contribution in [0, 0.1) is 24.0 Å². The van der Waals surface area contributed by atoms with Crippen molar-refractivity contribution in [3.05, 3.63) is 75.0 Å². The van der Waals surface area contributed by atoms with E-state index in [1.807, 2.05) is 24.3 Å². The Morgan fingerprint density at radius 3 is 2.56 bits per heavy atom. The van der Waals surface area contributed by atoms with Gasteiger partial charge in [-0.1, -0.05) is 24.3 Å². The lowest BCUT2D eigenvalue weighted by Gasteiger charge is -2.13. The number of nitrogens with zero attached hydrogens (tertiary/aromatic N) is 1. The Labute approximate surface area is 155 Å². The van der Waals surface area contributed by atoms with Crippen molar-refractivity contribution in [1.82, 2.24) is 4.98 Å². The minimum Gasteiger partial charge on any atom is -0.451 e. The van der Waals surface area contributed by atoms with Crippen LogP contribution in [0.5, 0.6) is 0 Å². The third-order valence-corrected chi connectivity index (χ3v) is 4.43. The number of aromatic nitrogens is 1. The number of nitrogens with one attached hydrogen (secondary N) is 1. The van der Waals surface area contributed by atoms with Gasteiger partial charge in [-0.05, 0) is 32.9 Å². The quantitative estimate of drug-likeness (QED) is 0.317. The van der Waals surface area contributed by atoms with Crippen molar-refractivity contribution in [3.63, 3.8) is 0 Å². The van der Waals surface area contributed by atoms with Crippen LogP contribution in [0.1, 0.15) is 38.9 Å². The zero-order chi connectivity index (χ0) is 19.7. The molecule has 0 radical (unpaired) electrons. The molecule has 0 bridgehead atoms. The minimum atomic E-state index is -1.03. The van der Waals surface area contributed by atoms with Crippen molar-refractivity contribution in [2.75, 3.05) is 0 Å². The number of esters is 1. The summed E-state index contributed by atoms with van der Waals surface area (Å²) in [6.07, 6.45) is -1.03. The number of carbonyl (C=O) groups is 2. The molecule has 0 unspecified atom stereocenters. The summed E-state index contributed by atoms with van der Waals surface area (Å²) >= 11 is 0. The highest BCUT2D eigenvalue weighted by atomic mass is 16.6. The second-order valence-electron chi connectivity index (χ2n) is 6.34. The fourth-order valence-electron chi connectivity index (χ4n) is 3.01. The molecule has 2 aromatic carbocycles. The molecule has 1 atom stereocenters. The number of para-hydroxylation sites is 1. The van der Waals surface area contributed by atoms with Gasteiger partial charge in [-0.15, -0.1) is 0 Å². The van der Waals surface area contributed by atoms with Crippen LogP contribution in [0.4, 0.5) is 5.69 Å². The molecule has 0 spiro atoms. The highest BCUT2D eigenvalue weighted by Crippen LogP contribution is 2.25. The molecule has 0 amide bonds. The highest BCUT2D eigenvalue weighted by molar-refractivity contribution is 6.11. The van der Waals surface area contributed by atoms with Gasteiger partial charge in [0, 0.05) is 33.8 Å². The average molecular weight is 366 g/mol. The van der Waals surface area contributed by atoms with Gasteiger partial charge in [0.25, 0.3) is 5.69 Å². The van der Waals surface area contributed by atoms with Crippen LogP contribution in [-0.4, -0.2) is 27.8 Å². The number of fused-ring (bicyclic) bond motifs is 1. The van der Waals surface area contributed by atoms with E-state index >= 15 is 0 Å². The number of aromatic amines is 1. The molecule has 138 valence electrons. The van der Waals surface area contributed by atoms with Gasteiger partial charge in [0.15, 0.2) is 6.10 Å². The number of benzene rings is 2. The number of hydrogen-bond donors (Lipinski definition) is 1. The van der Waals surface area contributed by atoms with Gasteiger partial charge in [-0.3, -0.25) is 14.9 Å². The van der Waals surface area contributed by atoms with Crippen LogP contribution >= 0.6 is 0 Å². The van der Waals surface area contributed by atoms with Crippen LogP contribution < -0.4 is 0 Å². The van der Waals surface area contributed by atoms with E-state index in [9.17, 15) is 19.7 Å². The van der Waals surface area contributed by atoms with Gasteiger partial charge >= 0.3 is 5.97 Å². The smallest absolute Gasteiger partial charge is 0.339 e. The Morgan fingerprint density at radius 2 is 1.85 bits per heavy atom. The molecule has 0 saturated carbocycles. The molecule has 0 aliphatic carbocycles. The third kappa shape index (κ3) is 3.44. The standard InChI is InChI=1S/C20H18N2O5/c1-11-8-9-14(10-17(11)22(25)26)20(24)27-13(3)19(23)18-12(2)21-16-7-5-4-6-15(16)18/h4-10,13,21H,1-3H3/t13-/m1/s1. The Balaban J connectivity index is 1.84. The van der Waals surface area contributed by atoms with Gasteiger partial charge in [-0.2, -0.15) is 0 Å². The second kappa shape index (κ2) is 7.03. The summed E-state index contributed by atoms with van der Waals surface area (Å²) in [7, 11) is 0. The van der Waals surface area contributed by atoms with Gasteiger partial charge in [0.05, 0.1) is 10.5 Å². The van der Waals surface area contributed by atoms with E-state index in [-0.39, 0.29) is 17.0 Å². The maximum Gasteiger partial charge on any atom is 0.339 e. The van der Waals surface area contributed by atoms with E-state index < -0.39 is 17.0 Å². The summed E-state index contributed by atoms with van der Waals surface area (Å²) in [5.74, 6) is -1.11. The Kier molecular flexibility index (Phi) is 4.77. The maximum absolute atomic E-state index is 12.8. The summed E-state index contributed by atoms with van der Waals surface area (Å²) < 4.78 is 5.28. The van der Waals surface area contributed by atoms with Crippen LogP contribution in [0.3, 0.4) is 0 Å². The van der Waals surface area contributed by atoms with Crippen molar-refractivity contribution >= 4 is 28.3 Å². The summed E-state index contributed by atoms with van der Waals surface area (Å²) in [6, 6.07) is 11.5. The Morgan fingerprint density at radius 1 is 1.15 bits per heavy atom. The topological polar surface area (TPSA) is 102 Å². The lowest BCUT2D eigenvalue weighted by atomic mass is 10.0. The zero-order valence-corrected chi connectivity index (χ0v) is 15.1. The molecule has 0 fully saturated rings. The maximum atomic E-state index is 12.8. The van der Waals surface area contributed by atoms with E-state index in [1.165, 1.54) is 19.1 Å². The predicted molar refractivity (Wildman–Crippen MR) is 100 cm³/mol. The highest BCUT2D eigenvalue weighted by Gasteiger charge is 2.25. The molecule has 1 heterocycles. The monoisotopic (exact) mass is 366 g/mol.